The summed E-state index contributed by atoms with van der Waals surface area (Å²) >= 11 is 0. The van der Waals surface area contributed by atoms with Gasteiger partial charge in [0.05, 0.1) is 0 Å². The van der Waals surface area contributed by atoms with Crippen molar-refractivity contribution in [3.05, 3.63) is 35.4 Å². The Hall–Kier alpha value is -0.670. The lowest BCUT2D eigenvalue weighted by atomic mass is 9.97. The Morgan fingerprint density at radius 2 is 1.87 bits per heavy atom. The monoisotopic (exact) mass is 235 g/mol. The van der Waals surface area contributed by atoms with Crippen molar-refractivity contribution in [2.45, 2.75) is 26.3 Å². The summed E-state index contributed by atoms with van der Waals surface area (Å²) < 4.78 is 26.1. The zero-order valence-electron chi connectivity index (χ0n) is 8.84. The van der Waals surface area contributed by atoms with Gasteiger partial charge in [-0.2, -0.15) is 0 Å². The molecule has 0 aliphatic rings. The highest BCUT2D eigenvalue weighted by atomic mass is 35.5. The van der Waals surface area contributed by atoms with Crippen LogP contribution >= 0.6 is 12.4 Å². The van der Waals surface area contributed by atoms with Crippen LogP contribution in [0.2, 0.25) is 0 Å². The molecule has 0 aliphatic heterocycles. The second kappa shape index (κ2) is 6.03. The zero-order chi connectivity index (χ0) is 10.7. The van der Waals surface area contributed by atoms with Gasteiger partial charge in [0.1, 0.15) is 0 Å². The first-order valence-corrected chi connectivity index (χ1v) is 4.72. The Balaban J connectivity index is 0.00000196. The van der Waals surface area contributed by atoms with Gasteiger partial charge in [0.25, 0.3) is 0 Å². The summed E-state index contributed by atoms with van der Waals surface area (Å²) in [5.74, 6) is -1.28. The zero-order valence-corrected chi connectivity index (χ0v) is 9.65. The molecule has 1 atom stereocenters. The molecule has 2 N–H and O–H groups in total. The molecule has 1 rings (SSSR count). The maximum Gasteiger partial charge on any atom is 0.163 e. The van der Waals surface area contributed by atoms with Crippen molar-refractivity contribution in [3.8, 4) is 0 Å². The fourth-order valence-electron chi connectivity index (χ4n) is 1.44. The molecule has 0 saturated heterocycles. The highest BCUT2D eigenvalue weighted by molar-refractivity contribution is 5.85. The molecule has 1 nitrogen and oxygen atoms in total. The minimum absolute atomic E-state index is 0. The molecular formula is C11H16ClF2N. The number of rotatable bonds is 3. The van der Waals surface area contributed by atoms with Gasteiger partial charge in [-0.1, -0.05) is 26.0 Å². The van der Waals surface area contributed by atoms with Crippen LogP contribution in [0.4, 0.5) is 8.78 Å². The van der Waals surface area contributed by atoms with Gasteiger partial charge in [-0.05, 0) is 18.4 Å². The van der Waals surface area contributed by atoms with Crippen molar-refractivity contribution >= 4 is 12.4 Å². The number of halogens is 3. The summed E-state index contributed by atoms with van der Waals surface area (Å²) in [5, 5.41) is 0. The molecule has 0 unspecified atom stereocenters. The number of hydrogen-bond donors (Lipinski definition) is 1. The summed E-state index contributed by atoms with van der Waals surface area (Å²) in [5.41, 5.74) is 6.02. The summed E-state index contributed by atoms with van der Waals surface area (Å²) in [6, 6.07) is 3.69. The Bertz CT molecular complexity index is 315. The van der Waals surface area contributed by atoms with Crippen LogP contribution in [0.3, 0.4) is 0 Å². The predicted octanol–water partition coefficient (Wildman–Crippen LogP) is 3.43. The van der Waals surface area contributed by atoms with Crippen molar-refractivity contribution in [2.24, 2.45) is 11.7 Å². The van der Waals surface area contributed by atoms with E-state index in [0.717, 1.165) is 6.07 Å². The van der Waals surface area contributed by atoms with Gasteiger partial charge < -0.3 is 5.73 Å². The Labute approximate surface area is 95.1 Å². The Morgan fingerprint density at radius 1 is 1.27 bits per heavy atom. The molecule has 0 spiro atoms. The molecule has 0 fully saturated rings. The molecular weight excluding hydrogens is 220 g/mol. The third-order valence-corrected chi connectivity index (χ3v) is 2.11. The van der Waals surface area contributed by atoms with Gasteiger partial charge in [0, 0.05) is 11.6 Å². The Kier molecular flexibility index (Phi) is 5.76. The van der Waals surface area contributed by atoms with Gasteiger partial charge in [-0.25, -0.2) is 8.78 Å². The van der Waals surface area contributed by atoms with Gasteiger partial charge in [-0.15, -0.1) is 12.4 Å². The van der Waals surface area contributed by atoms with Crippen molar-refractivity contribution in [3.63, 3.8) is 0 Å². The molecule has 0 aliphatic carbocycles. The first-order chi connectivity index (χ1) is 6.52. The van der Waals surface area contributed by atoms with E-state index < -0.39 is 17.7 Å². The van der Waals surface area contributed by atoms with Crippen molar-refractivity contribution in [2.75, 3.05) is 0 Å². The highest BCUT2D eigenvalue weighted by Gasteiger charge is 2.15. The highest BCUT2D eigenvalue weighted by Crippen LogP contribution is 2.22. The van der Waals surface area contributed by atoms with Gasteiger partial charge >= 0.3 is 0 Å². The summed E-state index contributed by atoms with van der Waals surface area (Å²) in [7, 11) is 0. The molecule has 0 aromatic heterocycles. The smallest absolute Gasteiger partial charge is 0.163 e. The lowest BCUT2D eigenvalue weighted by molar-refractivity contribution is 0.459. The molecule has 0 amide bonds. The van der Waals surface area contributed by atoms with Crippen LogP contribution in [0.1, 0.15) is 31.9 Å². The minimum atomic E-state index is -0.832. The molecule has 0 heterocycles. The SMILES string of the molecule is CC(C)C[C@@H](N)c1cccc(F)c1F.Cl. The van der Waals surface area contributed by atoms with Gasteiger partial charge in [0.2, 0.25) is 0 Å². The fraction of sp³-hybridized carbons (Fsp3) is 0.455. The minimum Gasteiger partial charge on any atom is -0.324 e. The Morgan fingerprint density at radius 3 is 2.40 bits per heavy atom. The van der Waals surface area contributed by atoms with Gasteiger partial charge in [-0.3, -0.25) is 0 Å². The van der Waals surface area contributed by atoms with E-state index in [1.165, 1.54) is 12.1 Å². The average Bonchev–Trinajstić information content (AvgIpc) is 2.08. The van der Waals surface area contributed by atoms with Crippen LogP contribution in [0.15, 0.2) is 18.2 Å². The quantitative estimate of drug-likeness (QED) is 0.854. The number of hydrogen-bond acceptors (Lipinski definition) is 1. The molecule has 1 aromatic rings. The van der Waals surface area contributed by atoms with Crippen molar-refractivity contribution in [1.29, 1.82) is 0 Å². The van der Waals surface area contributed by atoms with Crippen LogP contribution in [-0.2, 0) is 0 Å². The molecule has 0 bridgehead atoms. The van der Waals surface area contributed by atoms with E-state index >= 15 is 0 Å². The van der Waals surface area contributed by atoms with Crippen LogP contribution in [-0.4, -0.2) is 0 Å². The van der Waals surface area contributed by atoms with Crippen LogP contribution < -0.4 is 5.73 Å². The standard InChI is InChI=1S/C11H15F2N.ClH/c1-7(2)6-10(14)8-4-3-5-9(12)11(8)13;/h3-5,7,10H,6,14H2,1-2H3;1H/t10-;/m1./s1. The lowest BCUT2D eigenvalue weighted by Crippen LogP contribution is -2.15. The molecule has 1 aromatic carbocycles. The average molecular weight is 236 g/mol. The second-order valence-corrected chi connectivity index (χ2v) is 3.88. The summed E-state index contributed by atoms with van der Waals surface area (Å²) in [4.78, 5) is 0. The van der Waals surface area contributed by atoms with E-state index in [2.05, 4.69) is 0 Å². The van der Waals surface area contributed by atoms with E-state index in [9.17, 15) is 8.78 Å². The second-order valence-electron chi connectivity index (χ2n) is 3.88. The fourth-order valence-corrected chi connectivity index (χ4v) is 1.44. The first kappa shape index (κ1) is 14.3. The van der Waals surface area contributed by atoms with E-state index in [4.69, 9.17) is 5.73 Å². The first-order valence-electron chi connectivity index (χ1n) is 4.72. The third-order valence-electron chi connectivity index (χ3n) is 2.11. The van der Waals surface area contributed by atoms with Crippen LogP contribution in [0.25, 0.3) is 0 Å². The lowest BCUT2D eigenvalue weighted by Gasteiger charge is -2.15. The number of benzene rings is 1. The van der Waals surface area contributed by atoms with E-state index in [0.29, 0.717) is 12.3 Å². The maximum atomic E-state index is 13.2. The van der Waals surface area contributed by atoms with Crippen molar-refractivity contribution in [1.82, 2.24) is 0 Å². The largest absolute Gasteiger partial charge is 0.324 e. The van der Waals surface area contributed by atoms with E-state index in [1.54, 1.807) is 0 Å². The van der Waals surface area contributed by atoms with Crippen LogP contribution in [0.5, 0.6) is 0 Å². The molecule has 15 heavy (non-hydrogen) atoms. The predicted molar refractivity (Wildman–Crippen MR) is 60.0 cm³/mol. The normalized spacial score (nSPS) is 12.4. The molecule has 0 radical (unpaired) electrons. The van der Waals surface area contributed by atoms with E-state index in [1.807, 2.05) is 13.8 Å². The molecule has 0 saturated carbocycles. The maximum absolute atomic E-state index is 13.2. The summed E-state index contributed by atoms with van der Waals surface area (Å²) in [6.07, 6.45) is 0.653. The third kappa shape index (κ3) is 3.76. The van der Waals surface area contributed by atoms with E-state index in [-0.39, 0.29) is 18.0 Å². The molecule has 4 heteroatoms. The van der Waals surface area contributed by atoms with Crippen LogP contribution in [0, 0.1) is 17.6 Å². The van der Waals surface area contributed by atoms with Crippen molar-refractivity contribution < 1.29 is 8.78 Å². The topological polar surface area (TPSA) is 26.0 Å². The van der Waals surface area contributed by atoms with Gasteiger partial charge in [0.15, 0.2) is 11.6 Å². The number of nitrogens with two attached hydrogens (primary N) is 1. The molecule has 86 valence electrons. The summed E-state index contributed by atoms with van der Waals surface area (Å²) in [6.45, 7) is 3.99.